The molecule has 6 nitrogen and oxygen atoms in total. The zero-order valence-electron chi connectivity index (χ0n) is 15.4. The maximum Gasteiger partial charge on any atom is 0.315 e. The molecule has 2 rings (SSSR count). The Kier molecular flexibility index (Phi) is 6.58. The van der Waals surface area contributed by atoms with Gasteiger partial charge in [0.25, 0.3) is 0 Å². The molecule has 0 radical (unpaired) electrons. The van der Waals surface area contributed by atoms with Crippen LogP contribution in [-0.2, 0) is 19.9 Å². The normalized spacial score (nSPS) is 13.3. The molecule has 2 aromatic rings. The predicted molar refractivity (Wildman–Crippen MR) is 98.5 cm³/mol. The first kappa shape index (κ1) is 19.0. The van der Waals surface area contributed by atoms with Crippen LogP contribution in [0.15, 0.2) is 30.3 Å². The summed E-state index contributed by atoms with van der Waals surface area (Å²) in [5.74, 6) is 0. The predicted octanol–water partition coefficient (Wildman–Crippen LogP) is 1.87. The first-order valence-electron chi connectivity index (χ1n) is 8.61. The number of urea groups is 1. The average molecular weight is 344 g/mol. The number of hydrogen-bond donors (Lipinski definition) is 3. The van der Waals surface area contributed by atoms with Gasteiger partial charge in [-0.15, -0.1) is 0 Å². The fraction of sp³-hybridized carbons (Fsp3) is 0.474. The average Bonchev–Trinajstić information content (AvgIpc) is 2.81. The summed E-state index contributed by atoms with van der Waals surface area (Å²) in [6.07, 6.45) is 1.32. The van der Waals surface area contributed by atoms with Gasteiger partial charge in [-0.2, -0.15) is 5.10 Å². The lowest BCUT2D eigenvalue weighted by Crippen LogP contribution is -2.48. The van der Waals surface area contributed by atoms with Gasteiger partial charge in [-0.05, 0) is 44.7 Å². The SMILES string of the molecule is Cc1nn(C)c(C)c1CC(C)NC(=O)NC(CO)Cc1ccccc1. The van der Waals surface area contributed by atoms with E-state index in [0.717, 1.165) is 23.4 Å². The molecule has 0 saturated heterocycles. The lowest BCUT2D eigenvalue weighted by atomic mass is 10.1. The van der Waals surface area contributed by atoms with Gasteiger partial charge in [0.2, 0.25) is 0 Å². The third-order valence-electron chi connectivity index (χ3n) is 4.43. The van der Waals surface area contributed by atoms with Gasteiger partial charge < -0.3 is 15.7 Å². The number of rotatable bonds is 7. The number of aryl methyl sites for hydroxylation is 2. The van der Waals surface area contributed by atoms with E-state index in [9.17, 15) is 9.90 Å². The topological polar surface area (TPSA) is 79.2 Å². The van der Waals surface area contributed by atoms with Crippen LogP contribution in [0.3, 0.4) is 0 Å². The second-order valence-corrected chi connectivity index (χ2v) is 6.57. The van der Waals surface area contributed by atoms with Crippen LogP contribution in [0.2, 0.25) is 0 Å². The summed E-state index contributed by atoms with van der Waals surface area (Å²) in [6, 6.07) is 9.21. The van der Waals surface area contributed by atoms with Crippen LogP contribution in [0.5, 0.6) is 0 Å². The molecule has 1 heterocycles. The van der Waals surface area contributed by atoms with Crippen LogP contribution in [-0.4, -0.2) is 39.6 Å². The Morgan fingerprint density at radius 3 is 2.44 bits per heavy atom. The smallest absolute Gasteiger partial charge is 0.315 e. The fourth-order valence-corrected chi connectivity index (χ4v) is 2.98. The van der Waals surface area contributed by atoms with Gasteiger partial charge in [0.15, 0.2) is 0 Å². The molecule has 0 aliphatic rings. The van der Waals surface area contributed by atoms with Crippen molar-refractivity contribution in [2.75, 3.05) is 6.61 Å². The maximum atomic E-state index is 12.2. The monoisotopic (exact) mass is 344 g/mol. The van der Waals surface area contributed by atoms with Gasteiger partial charge in [-0.25, -0.2) is 4.79 Å². The quantitative estimate of drug-likeness (QED) is 0.717. The van der Waals surface area contributed by atoms with Gasteiger partial charge in [0.05, 0.1) is 18.3 Å². The molecule has 1 aromatic carbocycles. The minimum Gasteiger partial charge on any atom is -0.394 e. The molecule has 136 valence electrons. The summed E-state index contributed by atoms with van der Waals surface area (Å²) in [5, 5.41) is 19.7. The summed E-state index contributed by atoms with van der Waals surface area (Å²) >= 11 is 0. The number of aliphatic hydroxyl groups excluding tert-OH is 1. The first-order chi connectivity index (χ1) is 11.9. The van der Waals surface area contributed by atoms with Crippen molar-refractivity contribution < 1.29 is 9.90 Å². The van der Waals surface area contributed by atoms with Crippen LogP contribution in [0.25, 0.3) is 0 Å². The second kappa shape index (κ2) is 8.67. The van der Waals surface area contributed by atoms with E-state index in [1.165, 1.54) is 5.56 Å². The molecule has 0 fully saturated rings. The first-order valence-corrected chi connectivity index (χ1v) is 8.61. The summed E-state index contributed by atoms with van der Waals surface area (Å²) in [7, 11) is 1.92. The molecular formula is C19H28N4O2. The standard InChI is InChI=1S/C19H28N4O2/c1-13(10-18-14(2)22-23(4)15(18)3)20-19(25)21-17(12-24)11-16-8-6-5-7-9-16/h5-9,13,17,24H,10-12H2,1-4H3,(H2,20,21,25). The van der Waals surface area contributed by atoms with Gasteiger partial charge in [-0.3, -0.25) is 4.68 Å². The molecule has 25 heavy (non-hydrogen) atoms. The highest BCUT2D eigenvalue weighted by Gasteiger charge is 2.17. The molecule has 6 heteroatoms. The van der Waals surface area contributed by atoms with Crippen LogP contribution >= 0.6 is 0 Å². The largest absolute Gasteiger partial charge is 0.394 e. The molecule has 0 aliphatic carbocycles. The second-order valence-electron chi connectivity index (χ2n) is 6.57. The highest BCUT2D eigenvalue weighted by molar-refractivity contribution is 5.74. The highest BCUT2D eigenvalue weighted by Crippen LogP contribution is 2.14. The molecule has 2 amide bonds. The Labute approximate surface area is 149 Å². The van der Waals surface area contributed by atoms with Crippen LogP contribution in [0, 0.1) is 13.8 Å². The van der Waals surface area contributed by atoms with Crippen LogP contribution in [0.1, 0.15) is 29.4 Å². The number of benzene rings is 1. The molecule has 2 unspecified atom stereocenters. The number of nitrogens with one attached hydrogen (secondary N) is 2. The third-order valence-corrected chi connectivity index (χ3v) is 4.43. The van der Waals surface area contributed by atoms with E-state index in [1.54, 1.807) is 0 Å². The van der Waals surface area contributed by atoms with Crippen molar-refractivity contribution in [1.82, 2.24) is 20.4 Å². The molecule has 2 atom stereocenters. The minimum absolute atomic E-state index is 0.0299. The number of hydrogen-bond acceptors (Lipinski definition) is 3. The Morgan fingerprint density at radius 1 is 1.20 bits per heavy atom. The van der Waals surface area contributed by atoms with E-state index < -0.39 is 0 Å². The number of carbonyl (C=O) groups excluding carboxylic acids is 1. The molecule has 3 N–H and O–H groups in total. The summed E-state index contributed by atoms with van der Waals surface area (Å²) in [6.45, 7) is 5.88. The molecule has 1 aromatic heterocycles. The highest BCUT2D eigenvalue weighted by atomic mass is 16.3. The zero-order valence-corrected chi connectivity index (χ0v) is 15.4. The van der Waals surface area contributed by atoms with Crippen molar-refractivity contribution in [3.63, 3.8) is 0 Å². The Bertz CT molecular complexity index is 697. The van der Waals surface area contributed by atoms with Gasteiger partial charge in [0.1, 0.15) is 0 Å². The number of carbonyl (C=O) groups is 1. The lowest BCUT2D eigenvalue weighted by Gasteiger charge is -2.20. The molecule has 0 saturated carbocycles. The van der Waals surface area contributed by atoms with E-state index in [1.807, 2.05) is 62.8 Å². The third kappa shape index (κ3) is 5.32. The molecule has 0 spiro atoms. The zero-order chi connectivity index (χ0) is 18.4. The van der Waals surface area contributed by atoms with E-state index in [2.05, 4.69) is 15.7 Å². The van der Waals surface area contributed by atoms with Gasteiger partial charge >= 0.3 is 6.03 Å². The Morgan fingerprint density at radius 2 is 1.88 bits per heavy atom. The van der Waals surface area contributed by atoms with E-state index in [-0.39, 0.29) is 24.7 Å². The summed E-state index contributed by atoms with van der Waals surface area (Å²) in [4.78, 5) is 12.2. The van der Waals surface area contributed by atoms with Crippen molar-refractivity contribution in [3.8, 4) is 0 Å². The molecule has 0 aliphatic heterocycles. The Balaban J connectivity index is 1.87. The van der Waals surface area contributed by atoms with E-state index in [4.69, 9.17) is 0 Å². The van der Waals surface area contributed by atoms with E-state index in [0.29, 0.717) is 6.42 Å². The van der Waals surface area contributed by atoms with E-state index >= 15 is 0 Å². The minimum atomic E-state index is -0.309. The lowest BCUT2D eigenvalue weighted by molar-refractivity contribution is 0.213. The van der Waals surface area contributed by atoms with Crippen molar-refractivity contribution in [2.45, 2.75) is 45.7 Å². The van der Waals surface area contributed by atoms with Crippen LogP contribution in [0.4, 0.5) is 4.79 Å². The molecule has 0 bridgehead atoms. The van der Waals surface area contributed by atoms with Crippen molar-refractivity contribution in [1.29, 1.82) is 0 Å². The van der Waals surface area contributed by atoms with Crippen molar-refractivity contribution in [2.24, 2.45) is 7.05 Å². The Hall–Kier alpha value is -2.34. The summed E-state index contributed by atoms with van der Waals surface area (Å²) < 4.78 is 1.86. The number of aliphatic hydroxyl groups is 1. The van der Waals surface area contributed by atoms with Gasteiger partial charge in [0, 0.05) is 18.8 Å². The maximum absolute atomic E-state index is 12.2. The number of nitrogens with zero attached hydrogens (tertiary/aromatic N) is 2. The van der Waals surface area contributed by atoms with Crippen molar-refractivity contribution >= 4 is 6.03 Å². The van der Waals surface area contributed by atoms with Crippen LogP contribution < -0.4 is 10.6 Å². The number of aromatic nitrogens is 2. The summed E-state index contributed by atoms with van der Waals surface area (Å²) in [5.41, 5.74) is 4.35. The fourth-order valence-electron chi connectivity index (χ4n) is 2.98. The molecular weight excluding hydrogens is 316 g/mol. The van der Waals surface area contributed by atoms with Gasteiger partial charge in [-0.1, -0.05) is 30.3 Å². The number of amides is 2. The van der Waals surface area contributed by atoms with Crippen molar-refractivity contribution in [3.05, 3.63) is 52.8 Å².